The Morgan fingerprint density at radius 1 is 1.19 bits per heavy atom. The van der Waals surface area contributed by atoms with Crippen LogP contribution in [-0.2, 0) is 10.0 Å². The summed E-state index contributed by atoms with van der Waals surface area (Å²) in [7, 11) is -3.77. The normalized spacial score (nSPS) is 11.4. The second kappa shape index (κ2) is 6.16. The maximum atomic E-state index is 12.5. The van der Waals surface area contributed by atoms with Crippen LogP contribution in [0.2, 0.25) is 5.02 Å². The van der Waals surface area contributed by atoms with Crippen LogP contribution in [-0.4, -0.2) is 8.42 Å². The molecule has 0 saturated carbocycles. The highest BCUT2D eigenvalue weighted by atomic mass is 79.9. The number of hydrogen-bond donors (Lipinski definition) is 2. The zero-order chi connectivity index (χ0) is 15.8. The fraction of sp³-hybridized carbons (Fsp3) is 0.0769. The first-order valence-electron chi connectivity index (χ1n) is 5.75. The fourth-order valence-electron chi connectivity index (χ4n) is 1.71. The van der Waals surface area contributed by atoms with Gasteiger partial charge in [0.05, 0.1) is 21.3 Å². The Labute approximate surface area is 145 Å². The first kappa shape index (κ1) is 16.6. The average molecular weight is 455 g/mol. The van der Waals surface area contributed by atoms with E-state index in [1.165, 1.54) is 12.1 Å². The molecule has 0 radical (unpaired) electrons. The van der Waals surface area contributed by atoms with Crippen LogP contribution in [0.4, 0.5) is 11.4 Å². The van der Waals surface area contributed by atoms with Gasteiger partial charge in [-0.25, -0.2) is 8.42 Å². The van der Waals surface area contributed by atoms with Crippen molar-refractivity contribution >= 4 is 64.9 Å². The minimum absolute atomic E-state index is 0.0598. The van der Waals surface area contributed by atoms with E-state index in [-0.39, 0.29) is 10.6 Å². The van der Waals surface area contributed by atoms with E-state index in [0.29, 0.717) is 25.2 Å². The Morgan fingerprint density at radius 2 is 1.76 bits per heavy atom. The van der Waals surface area contributed by atoms with E-state index in [4.69, 9.17) is 17.3 Å². The van der Waals surface area contributed by atoms with E-state index in [1.54, 1.807) is 25.1 Å². The third-order valence-electron chi connectivity index (χ3n) is 2.77. The summed E-state index contributed by atoms with van der Waals surface area (Å²) in [6.45, 7) is 1.70. The fourth-order valence-corrected chi connectivity index (χ4v) is 4.50. The molecular weight excluding hydrogens is 443 g/mol. The Hall–Kier alpha value is -0.760. The molecule has 0 amide bonds. The van der Waals surface area contributed by atoms with Crippen LogP contribution in [0, 0.1) is 6.92 Å². The van der Waals surface area contributed by atoms with Gasteiger partial charge in [0, 0.05) is 8.95 Å². The first-order valence-corrected chi connectivity index (χ1v) is 9.19. The van der Waals surface area contributed by atoms with Crippen molar-refractivity contribution in [1.29, 1.82) is 0 Å². The topological polar surface area (TPSA) is 72.2 Å². The van der Waals surface area contributed by atoms with Crippen molar-refractivity contribution in [3.63, 3.8) is 0 Å². The first-order chi connectivity index (χ1) is 9.72. The van der Waals surface area contributed by atoms with Gasteiger partial charge in [0.1, 0.15) is 0 Å². The minimum Gasteiger partial charge on any atom is -0.397 e. The lowest BCUT2D eigenvalue weighted by Crippen LogP contribution is -2.14. The van der Waals surface area contributed by atoms with Gasteiger partial charge in [-0.05, 0) is 68.6 Å². The number of aryl methyl sites for hydroxylation is 1. The molecule has 112 valence electrons. The van der Waals surface area contributed by atoms with E-state index in [0.717, 1.165) is 0 Å². The summed E-state index contributed by atoms with van der Waals surface area (Å²) in [6, 6.07) is 8.08. The molecule has 0 aliphatic heterocycles. The Kier molecular flexibility index (Phi) is 4.87. The van der Waals surface area contributed by atoms with E-state index in [1.807, 2.05) is 0 Å². The van der Waals surface area contributed by atoms with Crippen molar-refractivity contribution in [3.8, 4) is 0 Å². The highest BCUT2D eigenvalue weighted by Gasteiger charge is 2.19. The van der Waals surface area contributed by atoms with Crippen LogP contribution >= 0.6 is 43.5 Å². The highest BCUT2D eigenvalue weighted by Crippen LogP contribution is 2.33. The van der Waals surface area contributed by atoms with Gasteiger partial charge in [-0.15, -0.1) is 0 Å². The molecule has 0 spiro atoms. The summed E-state index contributed by atoms with van der Waals surface area (Å²) in [4.78, 5) is 0.0598. The quantitative estimate of drug-likeness (QED) is 0.668. The van der Waals surface area contributed by atoms with E-state index < -0.39 is 10.0 Å². The SMILES string of the molecule is Cc1cc(S(=O)(=O)Nc2c(Br)cccc2Br)cc(N)c1Cl. The lowest BCUT2D eigenvalue weighted by molar-refractivity contribution is 0.601. The van der Waals surface area contributed by atoms with Gasteiger partial charge in [-0.1, -0.05) is 17.7 Å². The van der Waals surface area contributed by atoms with Crippen molar-refractivity contribution in [1.82, 2.24) is 0 Å². The van der Waals surface area contributed by atoms with Gasteiger partial charge in [-0.2, -0.15) is 0 Å². The van der Waals surface area contributed by atoms with Crippen molar-refractivity contribution in [2.24, 2.45) is 0 Å². The number of nitrogens with one attached hydrogen (secondary N) is 1. The van der Waals surface area contributed by atoms with Crippen molar-refractivity contribution in [2.45, 2.75) is 11.8 Å². The third kappa shape index (κ3) is 3.53. The summed E-state index contributed by atoms with van der Waals surface area (Å²) in [6.07, 6.45) is 0. The summed E-state index contributed by atoms with van der Waals surface area (Å²) in [5, 5.41) is 0.357. The van der Waals surface area contributed by atoms with Gasteiger partial charge in [0.2, 0.25) is 0 Å². The molecule has 0 bridgehead atoms. The number of nitrogen functional groups attached to an aromatic ring is 1. The summed E-state index contributed by atoms with van der Waals surface area (Å²) >= 11 is 12.6. The number of hydrogen-bond acceptors (Lipinski definition) is 3. The number of anilines is 2. The Morgan fingerprint density at radius 3 is 2.29 bits per heavy atom. The Balaban J connectivity index is 2.49. The maximum absolute atomic E-state index is 12.5. The molecule has 2 aromatic carbocycles. The van der Waals surface area contributed by atoms with Crippen LogP contribution in [0.15, 0.2) is 44.2 Å². The lowest BCUT2D eigenvalue weighted by Gasteiger charge is -2.13. The maximum Gasteiger partial charge on any atom is 0.262 e. The average Bonchev–Trinajstić information content (AvgIpc) is 2.40. The molecule has 0 fully saturated rings. The van der Waals surface area contributed by atoms with Crippen LogP contribution < -0.4 is 10.5 Å². The van der Waals surface area contributed by atoms with Crippen LogP contribution in [0.5, 0.6) is 0 Å². The highest BCUT2D eigenvalue weighted by molar-refractivity contribution is 9.11. The summed E-state index contributed by atoms with van der Waals surface area (Å²) in [5.41, 5.74) is 6.97. The molecule has 2 rings (SSSR count). The Bertz CT molecular complexity index is 767. The zero-order valence-corrected chi connectivity index (χ0v) is 15.6. The van der Waals surface area contributed by atoms with Gasteiger partial charge < -0.3 is 5.73 Å². The molecule has 21 heavy (non-hydrogen) atoms. The third-order valence-corrected chi connectivity index (χ3v) is 5.93. The number of para-hydroxylation sites is 1. The van der Waals surface area contributed by atoms with Crippen LogP contribution in [0.3, 0.4) is 0 Å². The second-order valence-corrected chi connectivity index (χ2v) is 8.11. The largest absolute Gasteiger partial charge is 0.397 e. The summed E-state index contributed by atoms with van der Waals surface area (Å²) in [5.74, 6) is 0. The zero-order valence-electron chi connectivity index (χ0n) is 10.8. The predicted molar refractivity (Wildman–Crippen MR) is 93.3 cm³/mol. The summed E-state index contributed by atoms with van der Waals surface area (Å²) < 4.78 is 28.7. The van der Waals surface area contributed by atoms with E-state index in [9.17, 15) is 8.42 Å². The molecule has 0 aliphatic carbocycles. The van der Waals surface area contributed by atoms with Gasteiger partial charge >= 0.3 is 0 Å². The van der Waals surface area contributed by atoms with Crippen molar-refractivity contribution < 1.29 is 8.42 Å². The van der Waals surface area contributed by atoms with Gasteiger partial charge in [0.15, 0.2) is 0 Å². The van der Waals surface area contributed by atoms with Crippen LogP contribution in [0.1, 0.15) is 5.56 Å². The van der Waals surface area contributed by atoms with Gasteiger partial charge in [0.25, 0.3) is 10.0 Å². The molecule has 0 aliphatic rings. The molecule has 0 atom stereocenters. The molecule has 2 aromatic rings. The lowest BCUT2D eigenvalue weighted by atomic mass is 10.2. The molecule has 4 nitrogen and oxygen atoms in total. The van der Waals surface area contributed by atoms with Gasteiger partial charge in [-0.3, -0.25) is 4.72 Å². The smallest absolute Gasteiger partial charge is 0.262 e. The van der Waals surface area contributed by atoms with Crippen molar-refractivity contribution in [3.05, 3.63) is 49.9 Å². The number of sulfonamides is 1. The van der Waals surface area contributed by atoms with Crippen molar-refractivity contribution in [2.75, 3.05) is 10.5 Å². The molecule has 0 aromatic heterocycles. The predicted octanol–water partition coefficient (Wildman–Crippen LogP) is 4.56. The monoisotopic (exact) mass is 452 g/mol. The van der Waals surface area contributed by atoms with E-state index >= 15 is 0 Å². The molecular formula is C13H11Br2ClN2O2S. The standard InChI is InChI=1S/C13H11Br2ClN2O2S/c1-7-5-8(6-11(17)12(7)16)21(19,20)18-13-9(14)3-2-4-10(13)15/h2-6,18H,17H2,1H3. The minimum atomic E-state index is -3.77. The molecule has 8 heteroatoms. The number of benzene rings is 2. The molecule has 0 heterocycles. The molecule has 0 saturated heterocycles. The number of rotatable bonds is 3. The molecule has 3 N–H and O–H groups in total. The number of nitrogens with two attached hydrogens (primary N) is 1. The number of halogens is 3. The second-order valence-electron chi connectivity index (χ2n) is 4.35. The van der Waals surface area contributed by atoms with E-state index in [2.05, 4.69) is 36.6 Å². The van der Waals surface area contributed by atoms with Crippen LogP contribution in [0.25, 0.3) is 0 Å². The molecule has 0 unspecified atom stereocenters.